The molecule has 0 saturated carbocycles. The number of amides is 2. The van der Waals surface area contributed by atoms with Gasteiger partial charge in [0.1, 0.15) is 0 Å². The predicted molar refractivity (Wildman–Crippen MR) is 97.6 cm³/mol. The van der Waals surface area contributed by atoms with Crippen LogP contribution in [0.3, 0.4) is 0 Å². The van der Waals surface area contributed by atoms with E-state index < -0.39 is 10.8 Å². The van der Waals surface area contributed by atoms with Crippen LogP contribution in [-0.4, -0.2) is 34.7 Å². The summed E-state index contributed by atoms with van der Waals surface area (Å²) in [5.41, 5.74) is 0.818. The summed E-state index contributed by atoms with van der Waals surface area (Å²) in [7, 11) is 0. The summed E-state index contributed by atoms with van der Waals surface area (Å²) >= 11 is 5.97. The van der Waals surface area contributed by atoms with E-state index in [1.54, 1.807) is 29.2 Å². The predicted octanol–water partition coefficient (Wildman–Crippen LogP) is 3.74. The van der Waals surface area contributed by atoms with Gasteiger partial charge >= 0.3 is 0 Å². The van der Waals surface area contributed by atoms with Crippen molar-refractivity contribution in [3.63, 3.8) is 0 Å². The highest BCUT2D eigenvalue weighted by Crippen LogP contribution is 2.23. The third kappa shape index (κ3) is 3.83. The van der Waals surface area contributed by atoms with Crippen LogP contribution < -0.4 is 5.32 Å². The number of likely N-dealkylation sites (tertiary alicyclic amines) is 1. The number of carbonyl (C=O) groups is 2. The van der Waals surface area contributed by atoms with Crippen LogP contribution in [0.25, 0.3) is 0 Å². The highest BCUT2D eigenvalue weighted by molar-refractivity contribution is 6.34. The molecule has 0 aliphatic carbocycles. The van der Waals surface area contributed by atoms with Crippen LogP contribution >= 0.6 is 11.6 Å². The summed E-state index contributed by atoms with van der Waals surface area (Å²) in [6, 6.07) is 10.2. The molecule has 8 heteroatoms. The molecule has 0 bridgehead atoms. The molecule has 1 aliphatic rings. The lowest BCUT2D eigenvalue weighted by Gasteiger charge is -2.15. The number of nitrogens with zero attached hydrogens (tertiary/aromatic N) is 2. The number of non-ortho nitro benzene ring substituents is 1. The van der Waals surface area contributed by atoms with Gasteiger partial charge in [0, 0.05) is 36.5 Å². The molecule has 3 rings (SSSR count). The maximum Gasteiger partial charge on any atom is 0.270 e. The van der Waals surface area contributed by atoms with Crippen LogP contribution in [-0.2, 0) is 0 Å². The largest absolute Gasteiger partial charge is 0.339 e. The average Bonchev–Trinajstić information content (AvgIpc) is 3.16. The summed E-state index contributed by atoms with van der Waals surface area (Å²) in [6.45, 7) is 1.53. The molecule has 0 spiro atoms. The third-order valence-corrected chi connectivity index (χ3v) is 4.52. The van der Waals surface area contributed by atoms with Gasteiger partial charge in [-0.15, -0.1) is 0 Å². The number of nitrogens with one attached hydrogen (secondary N) is 1. The Morgan fingerprint density at radius 2 is 1.73 bits per heavy atom. The number of benzene rings is 2. The number of rotatable bonds is 4. The van der Waals surface area contributed by atoms with E-state index in [1.165, 1.54) is 12.1 Å². The zero-order valence-corrected chi connectivity index (χ0v) is 14.5. The maximum atomic E-state index is 12.3. The summed E-state index contributed by atoms with van der Waals surface area (Å²) < 4.78 is 0. The van der Waals surface area contributed by atoms with Crippen LogP contribution in [0, 0.1) is 10.1 Å². The molecule has 1 heterocycles. The monoisotopic (exact) mass is 373 g/mol. The van der Waals surface area contributed by atoms with Gasteiger partial charge in [-0.05, 0) is 43.2 Å². The van der Waals surface area contributed by atoms with Crippen LogP contribution in [0.2, 0.25) is 5.02 Å². The number of carbonyl (C=O) groups excluding carboxylic acids is 2. The Morgan fingerprint density at radius 3 is 2.35 bits per heavy atom. The number of nitro benzene ring substituents is 1. The summed E-state index contributed by atoms with van der Waals surface area (Å²) in [5.74, 6) is -0.584. The van der Waals surface area contributed by atoms with Crippen molar-refractivity contribution in [3.8, 4) is 0 Å². The number of hydrogen-bond donors (Lipinski definition) is 1. The fraction of sp³-hybridized carbons (Fsp3) is 0.222. The molecule has 2 aromatic rings. The molecule has 7 nitrogen and oxygen atoms in total. The van der Waals surface area contributed by atoms with E-state index in [2.05, 4.69) is 5.32 Å². The van der Waals surface area contributed by atoms with Crippen molar-refractivity contribution < 1.29 is 14.5 Å². The molecule has 2 amide bonds. The van der Waals surface area contributed by atoms with Gasteiger partial charge in [-0.25, -0.2) is 0 Å². The fourth-order valence-corrected chi connectivity index (χ4v) is 3.00. The molecule has 0 aromatic heterocycles. The Hall–Kier alpha value is -2.93. The zero-order chi connectivity index (χ0) is 18.7. The van der Waals surface area contributed by atoms with Crippen LogP contribution in [0.1, 0.15) is 33.6 Å². The molecule has 26 heavy (non-hydrogen) atoms. The molecular formula is C18H16ClN3O4. The van der Waals surface area contributed by atoms with Crippen LogP contribution in [0.4, 0.5) is 11.4 Å². The summed E-state index contributed by atoms with van der Waals surface area (Å²) in [4.78, 5) is 36.7. The second kappa shape index (κ2) is 7.53. The minimum absolute atomic E-state index is 0.0121. The van der Waals surface area contributed by atoms with E-state index in [1.807, 2.05) is 0 Å². The number of nitro groups is 1. The van der Waals surface area contributed by atoms with Crippen molar-refractivity contribution in [2.45, 2.75) is 12.8 Å². The lowest BCUT2D eigenvalue weighted by molar-refractivity contribution is -0.384. The Morgan fingerprint density at radius 1 is 1.08 bits per heavy atom. The van der Waals surface area contributed by atoms with Crippen molar-refractivity contribution in [1.82, 2.24) is 4.90 Å². The first-order valence-electron chi connectivity index (χ1n) is 8.10. The lowest BCUT2D eigenvalue weighted by Crippen LogP contribution is -2.27. The number of halogens is 1. The van der Waals surface area contributed by atoms with E-state index in [-0.39, 0.29) is 22.2 Å². The summed E-state index contributed by atoms with van der Waals surface area (Å²) in [5, 5.41) is 13.6. The summed E-state index contributed by atoms with van der Waals surface area (Å²) in [6.07, 6.45) is 2.04. The second-order valence-corrected chi connectivity index (χ2v) is 6.36. The Bertz CT molecular complexity index is 861. The molecule has 1 fully saturated rings. The minimum Gasteiger partial charge on any atom is -0.339 e. The van der Waals surface area contributed by atoms with Crippen LogP contribution in [0.5, 0.6) is 0 Å². The maximum absolute atomic E-state index is 12.3. The average molecular weight is 374 g/mol. The Balaban J connectivity index is 1.73. The van der Waals surface area contributed by atoms with E-state index in [0.717, 1.165) is 32.0 Å². The first kappa shape index (κ1) is 17.9. The molecule has 134 valence electrons. The normalized spacial score (nSPS) is 13.5. The van der Waals surface area contributed by atoms with Gasteiger partial charge in [0.25, 0.3) is 17.5 Å². The highest BCUT2D eigenvalue weighted by atomic mass is 35.5. The molecule has 0 unspecified atom stereocenters. The van der Waals surface area contributed by atoms with Gasteiger partial charge in [0.05, 0.1) is 15.5 Å². The minimum atomic E-state index is -0.591. The first-order chi connectivity index (χ1) is 12.5. The zero-order valence-electron chi connectivity index (χ0n) is 13.8. The Labute approximate surface area is 154 Å². The molecular weight excluding hydrogens is 358 g/mol. The van der Waals surface area contributed by atoms with Crippen molar-refractivity contribution >= 4 is 34.8 Å². The number of anilines is 1. The smallest absolute Gasteiger partial charge is 0.270 e. The van der Waals surface area contributed by atoms with Gasteiger partial charge in [0.15, 0.2) is 0 Å². The van der Waals surface area contributed by atoms with Gasteiger partial charge in [-0.1, -0.05) is 11.6 Å². The highest BCUT2D eigenvalue weighted by Gasteiger charge is 2.20. The van der Waals surface area contributed by atoms with Crippen molar-refractivity contribution in [3.05, 3.63) is 68.7 Å². The first-order valence-corrected chi connectivity index (χ1v) is 8.48. The SMILES string of the molecule is O=C(Nc1ccc(C(=O)N2CCCC2)cc1)c1cc([N+](=O)[O-])ccc1Cl. The van der Waals surface area contributed by atoms with Gasteiger partial charge in [-0.3, -0.25) is 19.7 Å². The molecule has 2 aromatic carbocycles. The number of hydrogen-bond acceptors (Lipinski definition) is 4. The van der Waals surface area contributed by atoms with Crippen molar-refractivity contribution in [2.24, 2.45) is 0 Å². The van der Waals surface area contributed by atoms with Gasteiger partial charge in [-0.2, -0.15) is 0 Å². The van der Waals surface area contributed by atoms with E-state index in [0.29, 0.717) is 11.3 Å². The second-order valence-electron chi connectivity index (χ2n) is 5.95. The van der Waals surface area contributed by atoms with Crippen molar-refractivity contribution in [2.75, 3.05) is 18.4 Å². The molecule has 1 N–H and O–H groups in total. The van der Waals surface area contributed by atoms with E-state index >= 15 is 0 Å². The van der Waals surface area contributed by atoms with Gasteiger partial charge < -0.3 is 10.2 Å². The van der Waals surface area contributed by atoms with Crippen molar-refractivity contribution in [1.29, 1.82) is 0 Å². The fourth-order valence-electron chi connectivity index (χ4n) is 2.80. The van der Waals surface area contributed by atoms with Crippen LogP contribution in [0.15, 0.2) is 42.5 Å². The quantitative estimate of drug-likeness (QED) is 0.652. The molecule has 1 aliphatic heterocycles. The molecule has 0 radical (unpaired) electrons. The third-order valence-electron chi connectivity index (χ3n) is 4.19. The molecule has 1 saturated heterocycles. The molecule has 0 atom stereocenters. The van der Waals surface area contributed by atoms with E-state index in [9.17, 15) is 19.7 Å². The van der Waals surface area contributed by atoms with E-state index in [4.69, 9.17) is 11.6 Å². The lowest BCUT2D eigenvalue weighted by atomic mass is 10.1. The van der Waals surface area contributed by atoms with Gasteiger partial charge in [0.2, 0.25) is 0 Å². The Kier molecular flexibility index (Phi) is 5.18. The standard InChI is InChI=1S/C18H16ClN3O4/c19-16-8-7-14(22(25)26)11-15(16)17(23)20-13-5-3-12(4-6-13)18(24)21-9-1-2-10-21/h3-8,11H,1-2,9-10H2,(H,20,23). The topological polar surface area (TPSA) is 92.6 Å².